The molecule has 0 saturated heterocycles. The third kappa shape index (κ3) is 2.50. The topological polar surface area (TPSA) is 20.2 Å². The highest BCUT2D eigenvalue weighted by molar-refractivity contribution is 7.07. The van der Waals surface area contributed by atoms with Crippen molar-refractivity contribution in [2.24, 2.45) is 0 Å². The summed E-state index contributed by atoms with van der Waals surface area (Å²) in [6.07, 6.45) is 4.58. The number of hydrogen-bond donors (Lipinski definition) is 1. The van der Waals surface area contributed by atoms with E-state index in [2.05, 4.69) is 41.1 Å². The van der Waals surface area contributed by atoms with Crippen LogP contribution in [0.5, 0.6) is 0 Å². The zero-order valence-corrected chi connectivity index (χ0v) is 11.2. The minimum atomic E-state index is -0.504. The van der Waals surface area contributed by atoms with Crippen molar-refractivity contribution in [2.75, 3.05) is 0 Å². The fourth-order valence-electron chi connectivity index (χ4n) is 2.81. The quantitative estimate of drug-likeness (QED) is 0.892. The van der Waals surface area contributed by atoms with Crippen molar-refractivity contribution in [1.29, 1.82) is 0 Å². The van der Waals surface area contributed by atoms with Gasteiger partial charge in [0.2, 0.25) is 0 Å². The Kier molecular flexibility index (Phi) is 3.23. The molecule has 0 amide bonds. The Labute approximate surface area is 112 Å². The molecule has 1 atom stereocenters. The molecule has 94 valence electrons. The van der Waals surface area contributed by atoms with Gasteiger partial charge in [-0.3, -0.25) is 0 Å². The zero-order valence-electron chi connectivity index (χ0n) is 10.4. The summed E-state index contributed by atoms with van der Waals surface area (Å²) in [5.74, 6) is 0. The first kappa shape index (κ1) is 11.9. The van der Waals surface area contributed by atoms with Crippen molar-refractivity contribution < 1.29 is 5.11 Å². The monoisotopic (exact) mass is 258 g/mol. The Morgan fingerprint density at radius 3 is 2.78 bits per heavy atom. The fourth-order valence-corrected chi connectivity index (χ4v) is 3.51. The molecule has 1 heterocycles. The van der Waals surface area contributed by atoms with Gasteiger partial charge in [-0.2, -0.15) is 11.3 Å². The molecule has 1 aliphatic carbocycles. The lowest BCUT2D eigenvalue weighted by Gasteiger charge is -2.33. The van der Waals surface area contributed by atoms with Crippen molar-refractivity contribution in [3.8, 4) is 0 Å². The van der Waals surface area contributed by atoms with E-state index in [-0.39, 0.29) is 0 Å². The molecular weight excluding hydrogens is 240 g/mol. The Bertz CT molecular complexity index is 518. The molecule has 3 rings (SSSR count). The number of rotatable bonds is 3. The van der Waals surface area contributed by atoms with Gasteiger partial charge in [0.1, 0.15) is 0 Å². The summed E-state index contributed by atoms with van der Waals surface area (Å²) < 4.78 is 0. The van der Waals surface area contributed by atoms with Crippen LogP contribution in [-0.4, -0.2) is 10.7 Å². The lowest BCUT2D eigenvalue weighted by molar-refractivity contribution is 0.0182. The van der Waals surface area contributed by atoms with Crippen LogP contribution in [0.25, 0.3) is 0 Å². The second kappa shape index (κ2) is 4.87. The summed E-state index contributed by atoms with van der Waals surface area (Å²) >= 11 is 1.73. The van der Waals surface area contributed by atoms with E-state index in [0.29, 0.717) is 0 Å². The molecule has 1 unspecified atom stereocenters. The van der Waals surface area contributed by atoms with Crippen LogP contribution in [0, 0.1) is 0 Å². The molecule has 0 aliphatic heterocycles. The molecule has 2 aromatic rings. The number of aryl methyl sites for hydroxylation is 2. The van der Waals surface area contributed by atoms with Crippen molar-refractivity contribution in [3.63, 3.8) is 0 Å². The van der Waals surface area contributed by atoms with Gasteiger partial charge in [0.05, 0.1) is 5.60 Å². The summed E-state index contributed by atoms with van der Waals surface area (Å²) in [5.41, 5.74) is 3.59. The maximum absolute atomic E-state index is 10.7. The van der Waals surface area contributed by atoms with Gasteiger partial charge in [0, 0.05) is 6.42 Å². The second-order valence-electron chi connectivity index (χ2n) is 5.30. The van der Waals surface area contributed by atoms with Gasteiger partial charge in [-0.15, -0.1) is 0 Å². The number of benzene rings is 1. The lowest BCUT2D eigenvalue weighted by atomic mass is 9.78. The number of hydrogen-bond acceptors (Lipinski definition) is 2. The van der Waals surface area contributed by atoms with E-state index in [1.54, 1.807) is 11.3 Å². The molecule has 0 radical (unpaired) electrons. The SMILES string of the molecule is OC1(CCc2ccsc2)CCc2ccccc2C1. The molecule has 2 heteroatoms. The third-order valence-electron chi connectivity index (χ3n) is 3.96. The van der Waals surface area contributed by atoms with Crippen LogP contribution in [0.3, 0.4) is 0 Å². The molecule has 0 fully saturated rings. The molecule has 0 spiro atoms. The highest BCUT2D eigenvalue weighted by Gasteiger charge is 2.31. The van der Waals surface area contributed by atoms with Gasteiger partial charge in [-0.1, -0.05) is 24.3 Å². The molecule has 1 nitrogen and oxygen atoms in total. The Morgan fingerprint density at radius 1 is 1.17 bits per heavy atom. The average Bonchev–Trinajstić information content (AvgIpc) is 2.90. The molecule has 1 aromatic heterocycles. The standard InChI is InChI=1S/C16H18OS/c17-16(8-5-13-7-10-18-12-13)9-6-14-3-1-2-4-15(14)11-16/h1-4,7,10,12,17H,5-6,8-9,11H2. The van der Waals surface area contributed by atoms with Crippen LogP contribution in [0.15, 0.2) is 41.1 Å². The number of aliphatic hydroxyl groups is 1. The first-order valence-electron chi connectivity index (χ1n) is 6.55. The van der Waals surface area contributed by atoms with Gasteiger partial charge in [0.15, 0.2) is 0 Å². The van der Waals surface area contributed by atoms with E-state index >= 15 is 0 Å². The van der Waals surface area contributed by atoms with E-state index in [1.807, 2.05) is 0 Å². The molecule has 1 aromatic carbocycles. The van der Waals surface area contributed by atoms with Crippen LogP contribution < -0.4 is 0 Å². The molecule has 0 bridgehead atoms. The van der Waals surface area contributed by atoms with Crippen LogP contribution in [0.1, 0.15) is 29.5 Å². The van der Waals surface area contributed by atoms with E-state index < -0.39 is 5.60 Å². The molecule has 0 saturated carbocycles. The largest absolute Gasteiger partial charge is 0.390 e. The van der Waals surface area contributed by atoms with Crippen molar-refractivity contribution >= 4 is 11.3 Å². The van der Waals surface area contributed by atoms with E-state index in [9.17, 15) is 5.11 Å². The highest BCUT2D eigenvalue weighted by Crippen LogP contribution is 2.32. The Balaban J connectivity index is 1.69. The molecule has 1 aliphatic rings. The normalized spacial score (nSPS) is 22.7. The smallest absolute Gasteiger partial charge is 0.0694 e. The van der Waals surface area contributed by atoms with Crippen molar-refractivity contribution in [3.05, 3.63) is 57.8 Å². The van der Waals surface area contributed by atoms with Gasteiger partial charge in [-0.05, 0) is 59.2 Å². The average molecular weight is 258 g/mol. The fraction of sp³-hybridized carbons (Fsp3) is 0.375. The Morgan fingerprint density at radius 2 is 2.00 bits per heavy atom. The summed E-state index contributed by atoms with van der Waals surface area (Å²) in [6.45, 7) is 0. The van der Waals surface area contributed by atoms with E-state index in [4.69, 9.17) is 0 Å². The molecule has 1 N–H and O–H groups in total. The summed E-state index contributed by atoms with van der Waals surface area (Å²) in [5, 5.41) is 15.0. The highest BCUT2D eigenvalue weighted by atomic mass is 32.1. The predicted molar refractivity (Wildman–Crippen MR) is 76.1 cm³/mol. The van der Waals surface area contributed by atoms with Gasteiger partial charge >= 0.3 is 0 Å². The first-order chi connectivity index (χ1) is 8.75. The van der Waals surface area contributed by atoms with E-state index in [1.165, 1.54) is 16.7 Å². The van der Waals surface area contributed by atoms with Crippen molar-refractivity contribution in [2.45, 2.75) is 37.7 Å². The minimum absolute atomic E-state index is 0.504. The molecular formula is C16H18OS. The van der Waals surface area contributed by atoms with Crippen LogP contribution in [-0.2, 0) is 19.3 Å². The van der Waals surface area contributed by atoms with E-state index in [0.717, 1.165) is 32.1 Å². The van der Waals surface area contributed by atoms with Crippen LogP contribution >= 0.6 is 11.3 Å². The number of fused-ring (bicyclic) bond motifs is 1. The molecule has 18 heavy (non-hydrogen) atoms. The third-order valence-corrected chi connectivity index (χ3v) is 4.69. The summed E-state index contributed by atoms with van der Waals surface area (Å²) in [7, 11) is 0. The van der Waals surface area contributed by atoms with Crippen molar-refractivity contribution in [1.82, 2.24) is 0 Å². The van der Waals surface area contributed by atoms with Gasteiger partial charge < -0.3 is 5.11 Å². The maximum atomic E-state index is 10.7. The first-order valence-corrected chi connectivity index (χ1v) is 7.50. The number of thiophene rings is 1. The van der Waals surface area contributed by atoms with Gasteiger partial charge in [0.25, 0.3) is 0 Å². The van der Waals surface area contributed by atoms with Crippen LogP contribution in [0.2, 0.25) is 0 Å². The maximum Gasteiger partial charge on any atom is 0.0694 e. The minimum Gasteiger partial charge on any atom is -0.390 e. The zero-order chi connectivity index (χ0) is 12.4. The Hall–Kier alpha value is -1.12. The summed E-state index contributed by atoms with van der Waals surface area (Å²) in [6, 6.07) is 10.7. The second-order valence-corrected chi connectivity index (χ2v) is 6.08. The van der Waals surface area contributed by atoms with Crippen LogP contribution in [0.4, 0.5) is 0 Å². The summed E-state index contributed by atoms with van der Waals surface area (Å²) in [4.78, 5) is 0. The lowest BCUT2D eigenvalue weighted by Crippen LogP contribution is -2.36. The van der Waals surface area contributed by atoms with Gasteiger partial charge in [-0.25, -0.2) is 0 Å². The predicted octanol–water partition coefficient (Wildman–Crippen LogP) is 3.60.